The molecule has 0 bridgehead atoms. The van der Waals surface area contributed by atoms with Gasteiger partial charge in [-0.25, -0.2) is 0 Å². The number of carbonyl (C=O) groups excluding carboxylic acids is 1. The second-order valence-electron chi connectivity index (χ2n) is 5.07. The lowest BCUT2D eigenvalue weighted by atomic mass is 10.0. The molecular formula is C15H22N2O2. The van der Waals surface area contributed by atoms with E-state index in [0.29, 0.717) is 12.5 Å². The molecular weight excluding hydrogens is 240 g/mol. The van der Waals surface area contributed by atoms with Crippen LogP contribution >= 0.6 is 0 Å². The molecule has 0 spiro atoms. The number of rotatable bonds is 4. The second kappa shape index (κ2) is 6.68. The predicted octanol–water partition coefficient (Wildman–Crippen LogP) is 1.71. The van der Waals surface area contributed by atoms with Gasteiger partial charge < -0.3 is 15.4 Å². The SMILES string of the molecule is CN(C(=O)CC(N)c1ccccc1)C1CCOCC1. The molecule has 1 unspecified atom stereocenters. The Morgan fingerprint density at radius 3 is 2.63 bits per heavy atom. The monoisotopic (exact) mass is 262 g/mol. The highest BCUT2D eigenvalue weighted by Crippen LogP contribution is 2.18. The summed E-state index contributed by atoms with van der Waals surface area (Å²) in [4.78, 5) is 14.1. The predicted molar refractivity (Wildman–Crippen MR) is 74.6 cm³/mol. The van der Waals surface area contributed by atoms with E-state index in [1.165, 1.54) is 0 Å². The Hall–Kier alpha value is -1.39. The van der Waals surface area contributed by atoms with Crippen molar-refractivity contribution in [3.8, 4) is 0 Å². The molecule has 1 fully saturated rings. The highest BCUT2D eigenvalue weighted by atomic mass is 16.5. The van der Waals surface area contributed by atoms with Gasteiger partial charge in [0.2, 0.25) is 5.91 Å². The minimum atomic E-state index is -0.226. The van der Waals surface area contributed by atoms with Crippen molar-refractivity contribution < 1.29 is 9.53 Å². The van der Waals surface area contributed by atoms with Crippen LogP contribution in [0.1, 0.15) is 30.9 Å². The van der Waals surface area contributed by atoms with E-state index in [1.54, 1.807) is 0 Å². The Morgan fingerprint density at radius 1 is 1.37 bits per heavy atom. The van der Waals surface area contributed by atoms with Gasteiger partial charge in [-0.05, 0) is 18.4 Å². The van der Waals surface area contributed by atoms with Crippen LogP contribution in [0.5, 0.6) is 0 Å². The minimum absolute atomic E-state index is 0.114. The molecule has 1 saturated heterocycles. The summed E-state index contributed by atoms with van der Waals surface area (Å²) in [5.74, 6) is 0.114. The summed E-state index contributed by atoms with van der Waals surface area (Å²) in [6, 6.07) is 9.84. The maximum absolute atomic E-state index is 12.2. The Labute approximate surface area is 114 Å². The fourth-order valence-corrected chi connectivity index (χ4v) is 2.43. The van der Waals surface area contributed by atoms with Gasteiger partial charge in [-0.2, -0.15) is 0 Å². The molecule has 2 rings (SSSR count). The van der Waals surface area contributed by atoms with E-state index in [2.05, 4.69) is 0 Å². The Kier molecular flexibility index (Phi) is 4.93. The van der Waals surface area contributed by atoms with Crippen LogP contribution in [0.15, 0.2) is 30.3 Å². The number of carbonyl (C=O) groups is 1. The molecule has 104 valence electrons. The quantitative estimate of drug-likeness (QED) is 0.898. The van der Waals surface area contributed by atoms with E-state index in [1.807, 2.05) is 42.3 Å². The van der Waals surface area contributed by atoms with Crippen LogP contribution in [0.4, 0.5) is 0 Å². The Balaban J connectivity index is 1.89. The molecule has 1 aliphatic heterocycles. The van der Waals surface area contributed by atoms with Crippen molar-refractivity contribution in [1.29, 1.82) is 0 Å². The van der Waals surface area contributed by atoms with Gasteiger partial charge in [0.15, 0.2) is 0 Å². The van der Waals surface area contributed by atoms with E-state index in [-0.39, 0.29) is 11.9 Å². The van der Waals surface area contributed by atoms with Crippen LogP contribution in [0, 0.1) is 0 Å². The third-order valence-electron chi connectivity index (χ3n) is 3.75. The highest BCUT2D eigenvalue weighted by molar-refractivity contribution is 5.77. The minimum Gasteiger partial charge on any atom is -0.381 e. The van der Waals surface area contributed by atoms with E-state index in [9.17, 15) is 4.79 Å². The van der Waals surface area contributed by atoms with Crippen LogP contribution in [-0.2, 0) is 9.53 Å². The zero-order valence-electron chi connectivity index (χ0n) is 11.4. The van der Waals surface area contributed by atoms with Gasteiger partial charge in [-0.3, -0.25) is 4.79 Å². The fraction of sp³-hybridized carbons (Fsp3) is 0.533. The molecule has 0 aromatic heterocycles. The van der Waals surface area contributed by atoms with Gasteiger partial charge in [0.05, 0.1) is 0 Å². The largest absolute Gasteiger partial charge is 0.381 e. The summed E-state index contributed by atoms with van der Waals surface area (Å²) in [7, 11) is 1.87. The lowest BCUT2D eigenvalue weighted by molar-refractivity contribution is -0.134. The summed E-state index contributed by atoms with van der Waals surface area (Å²) >= 11 is 0. The molecule has 0 radical (unpaired) electrons. The number of ether oxygens (including phenoxy) is 1. The number of hydrogen-bond donors (Lipinski definition) is 1. The third-order valence-corrected chi connectivity index (χ3v) is 3.75. The van der Waals surface area contributed by atoms with Crippen molar-refractivity contribution in [2.45, 2.75) is 31.3 Å². The summed E-state index contributed by atoms with van der Waals surface area (Å²) in [5, 5.41) is 0. The van der Waals surface area contributed by atoms with Gasteiger partial charge in [0.25, 0.3) is 0 Å². The van der Waals surface area contributed by atoms with Crippen LogP contribution in [0.3, 0.4) is 0 Å². The lowest BCUT2D eigenvalue weighted by Crippen LogP contribution is -2.41. The average molecular weight is 262 g/mol. The maximum atomic E-state index is 12.2. The standard InChI is InChI=1S/C15H22N2O2/c1-17(13-7-9-19-10-8-13)15(18)11-14(16)12-5-3-2-4-6-12/h2-6,13-14H,7-11,16H2,1H3. The first kappa shape index (κ1) is 14.0. The zero-order valence-corrected chi connectivity index (χ0v) is 11.4. The molecule has 19 heavy (non-hydrogen) atoms. The van der Waals surface area contributed by atoms with Gasteiger partial charge >= 0.3 is 0 Å². The van der Waals surface area contributed by atoms with Gasteiger partial charge in [-0.1, -0.05) is 30.3 Å². The van der Waals surface area contributed by atoms with Crippen molar-refractivity contribution in [3.63, 3.8) is 0 Å². The summed E-state index contributed by atoms with van der Waals surface area (Å²) in [6.07, 6.45) is 2.20. The lowest BCUT2D eigenvalue weighted by Gasteiger charge is -2.32. The van der Waals surface area contributed by atoms with Crippen molar-refractivity contribution in [2.75, 3.05) is 20.3 Å². The molecule has 4 nitrogen and oxygen atoms in total. The summed E-state index contributed by atoms with van der Waals surface area (Å²) < 4.78 is 5.32. The molecule has 1 aliphatic rings. The van der Waals surface area contributed by atoms with E-state index >= 15 is 0 Å². The number of amides is 1. The first-order valence-corrected chi connectivity index (χ1v) is 6.82. The molecule has 1 atom stereocenters. The Bertz CT molecular complexity index is 402. The van der Waals surface area contributed by atoms with E-state index < -0.39 is 0 Å². The highest BCUT2D eigenvalue weighted by Gasteiger charge is 2.23. The second-order valence-corrected chi connectivity index (χ2v) is 5.07. The van der Waals surface area contributed by atoms with Crippen molar-refractivity contribution in [2.24, 2.45) is 5.73 Å². The summed E-state index contributed by atoms with van der Waals surface area (Å²) in [6.45, 7) is 1.49. The molecule has 1 heterocycles. The number of nitrogens with zero attached hydrogens (tertiary/aromatic N) is 1. The van der Waals surface area contributed by atoms with Crippen molar-refractivity contribution in [1.82, 2.24) is 4.90 Å². The zero-order chi connectivity index (χ0) is 13.7. The van der Waals surface area contributed by atoms with Gasteiger partial charge in [0.1, 0.15) is 0 Å². The smallest absolute Gasteiger partial charge is 0.224 e. The number of nitrogens with two attached hydrogens (primary N) is 1. The molecule has 1 aromatic rings. The summed E-state index contributed by atoms with van der Waals surface area (Å²) in [5.41, 5.74) is 7.10. The molecule has 1 amide bonds. The van der Waals surface area contributed by atoms with Gasteiger partial charge in [0, 0.05) is 38.8 Å². The van der Waals surface area contributed by atoms with Crippen molar-refractivity contribution >= 4 is 5.91 Å². The van der Waals surface area contributed by atoms with Crippen LogP contribution in [0.2, 0.25) is 0 Å². The maximum Gasteiger partial charge on any atom is 0.224 e. The molecule has 1 aromatic carbocycles. The van der Waals surface area contributed by atoms with Crippen molar-refractivity contribution in [3.05, 3.63) is 35.9 Å². The average Bonchev–Trinajstić information content (AvgIpc) is 2.48. The fourth-order valence-electron chi connectivity index (χ4n) is 2.43. The number of hydrogen-bond acceptors (Lipinski definition) is 3. The normalized spacial score (nSPS) is 18.0. The van der Waals surface area contributed by atoms with Crippen LogP contribution in [-0.4, -0.2) is 37.1 Å². The van der Waals surface area contributed by atoms with Gasteiger partial charge in [-0.15, -0.1) is 0 Å². The van der Waals surface area contributed by atoms with Crippen LogP contribution < -0.4 is 5.73 Å². The first-order valence-electron chi connectivity index (χ1n) is 6.82. The van der Waals surface area contributed by atoms with Crippen LogP contribution in [0.25, 0.3) is 0 Å². The Morgan fingerprint density at radius 2 is 2.00 bits per heavy atom. The third kappa shape index (κ3) is 3.78. The molecule has 0 saturated carbocycles. The molecule has 2 N–H and O–H groups in total. The van der Waals surface area contributed by atoms with E-state index in [4.69, 9.17) is 10.5 Å². The molecule has 4 heteroatoms. The topological polar surface area (TPSA) is 55.6 Å². The van der Waals surface area contributed by atoms with E-state index in [0.717, 1.165) is 31.6 Å². The number of benzene rings is 1. The first-order chi connectivity index (χ1) is 9.18. The molecule has 0 aliphatic carbocycles.